The molecule has 0 radical (unpaired) electrons. The minimum Gasteiger partial charge on any atom is -0.493 e. The minimum atomic E-state index is -0.525. The molecule has 1 amide bonds. The summed E-state index contributed by atoms with van der Waals surface area (Å²) in [6.45, 7) is 3.61. The van der Waals surface area contributed by atoms with E-state index in [9.17, 15) is 4.79 Å². The standard InChI is InChI=1S/C27H29N5O4/c1-16-4-5-23(36-16)22-11-18(20-12-24(34-2)25(35-3)13-21(20)31-22)10-17-6-8-32(9-7-17)27-29-14-19(15-30-27)26(28)33/h4-5,11-15,17H,6-10H2,1-3H3,(H2,28,33). The summed E-state index contributed by atoms with van der Waals surface area (Å²) in [4.78, 5) is 27.0. The molecule has 9 nitrogen and oxygen atoms in total. The average Bonchev–Trinajstić information content (AvgIpc) is 3.34. The van der Waals surface area contributed by atoms with Crippen molar-refractivity contribution in [3.05, 3.63) is 59.6 Å². The molecule has 3 aromatic heterocycles. The van der Waals surface area contributed by atoms with Gasteiger partial charge in [-0.15, -0.1) is 0 Å². The van der Waals surface area contributed by atoms with Crippen LogP contribution in [-0.4, -0.2) is 48.2 Å². The first-order valence-electron chi connectivity index (χ1n) is 11.9. The van der Waals surface area contributed by atoms with Gasteiger partial charge in [0.1, 0.15) is 11.5 Å². The third-order valence-electron chi connectivity index (χ3n) is 6.72. The lowest BCUT2D eigenvalue weighted by Crippen LogP contribution is -2.35. The number of anilines is 1. The van der Waals surface area contributed by atoms with Gasteiger partial charge in [0.15, 0.2) is 17.3 Å². The zero-order valence-electron chi connectivity index (χ0n) is 20.7. The number of hydrogen-bond donors (Lipinski definition) is 1. The van der Waals surface area contributed by atoms with E-state index in [-0.39, 0.29) is 0 Å². The Hall–Kier alpha value is -4.14. The van der Waals surface area contributed by atoms with Gasteiger partial charge in [0.05, 0.1) is 25.3 Å². The van der Waals surface area contributed by atoms with E-state index in [1.165, 1.54) is 18.0 Å². The van der Waals surface area contributed by atoms with Crippen molar-refractivity contribution in [1.29, 1.82) is 0 Å². The molecule has 1 saturated heterocycles. The maximum atomic E-state index is 11.3. The smallest absolute Gasteiger partial charge is 0.251 e. The van der Waals surface area contributed by atoms with E-state index >= 15 is 0 Å². The molecule has 0 unspecified atom stereocenters. The summed E-state index contributed by atoms with van der Waals surface area (Å²) in [6.07, 6.45) is 5.86. The van der Waals surface area contributed by atoms with Crippen molar-refractivity contribution >= 4 is 22.8 Å². The van der Waals surface area contributed by atoms with Crippen LogP contribution in [0.25, 0.3) is 22.4 Å². The van der Waals surface area contributed by atoms with Crippen molar-refractivity contribution in [3.63, 3.8) is 0 Å². The molecule has 1 aliphatic rings. The van der Waals surface area contributed by atoms with Gasteiger partial charge in [0.2, 0.25) is 5.95 Å². The van der Waals surface area contributed by atoms with Gasteiger partial charge in [0.25, 0.3) is 5.91 Å². The minimum absolute atomic E-state index is 0.313. The fourth-order valence-electron chi connectivity index (χ4n) is 4.75. The fourth-order valence-corrected chi connectivity index (χ4v) is 4.75. The number of piperidine rings is 1. The molecule has 0 spiro atoms. The van der Waals surface area contributed by atoms with Gasteiger partial charge in [-0.25, -0.2) is 15.0 Å². The third-order valence-corrected chi connectivity index (χ3v) is 6.72. The second-order valence-corrected chi connectivity index (χ2v) is 9.07. The molecule has 2 N–H and O–H groups in total. The Kier molecular flexibility index (Phi) is 6.45. The van der Waals surface area contributed by atoms with Crippen molar-refractivity contribution < 1.29 is 18.7 Å². The number of aromatic nitrogens is 3. The number of nitrogens with two attached hydrogens (primary N) is 1. The summed E-state index contributed by atoms with van der Waals surface area (Å²) in [5, 5.41) is 1.05. The maximum absolute atomic E-state index is 11.3. The van der Waals surface area contributed by atoms with Gasteiger partial charge in [-0.2, -0.15) is 0 Å². The highest BCUT2D eigenvalue weighted by atomic mass is 16.5. The summed E-state index contributed by atoms with van der Waals surface area (Å²) < 4.78 is 17.0. The molecular weight excluding hydrogens is 458 g/mol. The van der Waals surface area contributed by atoms with E-state index in [4.69, 9.17) is 24.6 Å². The largest absolute Gasteiger partial charge is 0.493 e. The van der Waals surface area contributed by atoms with Crippen LogP contribution >= 0.6 is 0 Å². The number of carbonyl (C=O) groups excluding carboxylic acids is 1. The number of rotatable bonds is 7. The van der Waals surface area contributed by atoms with Crippen molar-refractivity contribution in [2.75, 3.05) is 32.2 Å². The van der Waals surface area contributed by atoms with Crippen LogP contribution in [0.15, 0.2) is 47.1 Å². The van der Waals surface area contributed by atoms with E-state index in [0.29, 0.717) is 28.9 Å². The number of furan rings is 1. The SMILES string of the molecule is COc1cc2nc(-c3ccc(C)o3)cc(CC3CCN(c4ncc(C(N)=O)cn4)CC3)c2cc1OC. The molecule has 0 saturated carbocycles. The van der Waals surface area contributed by atoms with Crippen molar-refractivity contribution in [2.45, 2.75) is 26.2 Å². The number of fused-ring (bicyclic) bond motifs is 1. The van der Waals surface area contributed by atoms with Gasteiger partial charge >= 0.3 is 0 Å². The Morgan fingerprint density at radius 1 is 1.08 bits per heavy atom. The number of amides is 1. The topological polar surface area (TPSA) is 117 Å². The van der Waals surface area contributed by atoms with Gasteiger partial charge in [-0.1, -0.05) is 0 Å². The molecule has 36 heavy (non-hydrogen) atoms. The lowest BCUT2D eigenvalue weighted by Gasteiger charge is -2.32. The number of pyridine rings is 1. The molecule has 1 fully saturated rings. The predicted molar refractivity (Wildman–Crippen MR) is 136 cm³/mol. The monoisotopic (exact) mass is 487 g/mol. The van der Waals surface area contributed by atoms with Crippen LogP contribution in [0.2, 0.25) is 0 Å². The van der Waals surface area contributed by atoms with Crippen LogP contribution in [0.5, 0.6) is 11.5 Å². The molecule has 186 valence electrons. The first-order valence-corrected chi connectivity index (χ1v) is 11.9. The normalized spacial score (nSPS) is 14.2. The first kappa shape index (κ1) is 23.6. The zero-order valence-corrected chi connectivity index (χ0v) is 20.7. The van der Waals surface area contributed by atoms with E-state index in [1.807, 2.05) is 31.2 Å². The lowest BCUT2D eigenvalue weighted by atomic mass is 9.88. The Bertz CT molecular complexity index is 1390. The molecule has 0 bridgehead atoms. The average molecular weight is 488 g/mol. The van der Waals surface area contributed by atoms with Crippen LogP contribution in [-0.2, 0) is 6.42 Å². The predicted octanol–water partition coefficient (Wildman–Crippen LogP) is 4.17. The highest BCUT2D eigenvalue weighted by molar-refractivity contribution is 5.92. The Morgan fingerprint density at radius 2 is 1.78 bits per heavy atom. The first-order chi connectivity index (χ1) is 17.4. The molecule has 4 heterocycles. The van der Waals surface area contributed by atoms with E-state index in [2.05, 4.69) is 20.9 Å². The Labute approximate surface area is 209 Å². The number of ether oxygens (including phenoxy) is 2. The summed E-state index contributed by atoms with van der Waals surface area (Å²) >= 11 is 0. The number of carbonyl (C=O) groups is 1. The number of benzene rings is 1. The molecule has 0 aliphatic carbocycles. The second kappa shape index (κ2) is 9.85. The molecule has 4 aromatic rings. The molecular formula is C27H29N5O4. The molecule has 0 atom stereocenters. The van der Waals surface area contributed by atoms with E-state index < -0.39 is 5.91 Å². The summed E-state index contributed by atoms with van der Waals surface area (Å²) in [6, 6.07) is 9.97. The second-order valence-electron chi connectivity index (χ2n) is 9.07. The van der Waals surface area contributed by atoms with Crippen molar-refractivity contribution in [2.24, 2.45) is 11.7 Å². The lowest BCUT2D eigenvalue weighted by molar-refractivity contribution is 0.0999. The Morgan fingerprint density at radius 3 is 2.39 bits per heavy atom. The quantitative estimate of drug-likeness (QED) is 0.413. The van der Waals surface area contributed by atoms with Gasteiger partial charge in [-0.3, -0.25) is 4.79 Å². The number of hydrogen-bond acceptors (Lipinski definition) is 8. The molecule has 9 heteroatoms. The highest BCUT2D eigenvalue weighted by Crippen LogP contribution is 2.36. The summed E-state index contributed by atoms with van der Waals surface area (Å²) in [5.41, 5.74) is 8.46. The van der Waals surface area contributed by atoms with Gasteiger partial charge in [0, 0.05) is 36.9 Å². The number of methoxy groups -OCH3 is 2. The summed E-state index contributed by atoms with van der Waals surface area (Å²) in [5.74, 6) is 3.50. The highest BCUT2D eigenvalue weighted by Gasteiger charge is 2.23. The van der Waals surface area contributed by atoms with Crippen molar-refractivity contribution in [3.8, 4) is 23.0 Å². The van der Waals surface area contributed by atoms with Gasteiger partial charge in [-0.05, 0) is 61.9 Å². The van der Waals surface area contributed by atoms with Crippen LogP contribution < -0.4 is 20.1 Å². The third kappa shape index (κ3) is 4.68. The van der Waals surface area contributed by atoms with Crippen LogP contribution in [0.3, 0.4) is 0 Å². The van der Waals surface area contributed by atoms with Gasteiger partial charge < -0.3 is 24.5 Å². The fraction of sp³-hybridized carbons (Fsp3) is 0.333. The van der Waals surface area contributed by atoms with Crippen LogP contribution in [0.4, 0.5) is 5.95 Å². The zero-order chi connectivity index (χ0) is 25.2. The maximum Gasteiger partial charge on any atom is 0.251 e. The molecule has 1 aliphatic heterocycles. The summed E-state index contributed by atoms with van der Waals surface area (Å²) in [7, 11) is 3.27. The van der Waals surface area contributed by atoms with Crippen LogP contribution in [0.1, 0.15) is 34.5 Å². The van der Waals surface area contributed by atoms with E-state index in [0.717, 1.165) is 60.5 Å². The van der Waals surface area contributed by atoms with Crippen LogP contribution in [0, 0.1) is 12.8 Å². The van der Waals surface area contributed by atoms with E-state index in [1.54, 1.807) is 14.2 Å². The Balaban J connectivity index is 1.41. The number of primary amides is 1. The van der Waals surface area contributed by atoms with Crippen molar-refractivity contribution in [1.82, 2.24) is 15.0 Å². The molecule has 5 rings (SSSR count). The number of aryl methyl sites for hydroxylation is 1. The molecule has 1 aromatic carbocycles. The number of nitrogens with zero attached hydrogens (tertiary/aromatic N) is 4.